The summed E-state index contributed by atoms with van der Waals surface area (Å²) in [7, 11) is 5.22. The largest absolute Gasteiger partial charge is 0.493 e. The molecular formula is C22H28N4O3. The van der Waals surface area contributed by atoms with Crippen LogP contribution in [0.5, 0.6) is 11.5 Å². The second-order valence-corrected chi connectivity index (χ2v) is 7.54. The Morgan fingerprint density at radius 3 is 2.72 bits per heavy atom. The van der Waals surface area contributed by atoms with Crippen molar-refractivity contribution in [3.05, 3.63) is 47.9 Å². The van der Waals surface area contributed by atoms with Crippen molar-refractivity contribution in [2.45, 2.75) is 38.3 Å². The molecule has 1 aromatic carbocycles. The minimum atomic E-state index is 0.246. The van der Waals surface area contributed by atoms with Crippen LogP contribution in [0.3, 0.4) is 0 Å². The smallest absolute Gasteiger partial charge is 0.167 e. The first kappa shape index (κ1) is 19.5. The summed E-state index contributed by atoms with van der Waals surface area (Å²) in [5.74, 6) is 2.12. The first-order chi connectivity index (χ1) is 14.2. The molecule has 1 aliphatic heterocycles. The van der Waals surface area contributed by atoms with E-state index in [-0.39, 0.29) is 6.04 Å². The molecule has 0 bridgehead atoms. The Morgan fingerprint density at radius 2 is 1.97 bits per heavy atom. The molecule has 1 aliphatic rings. The number of ether oxygens (including phenoxy) is 2. The van der Waals surface area contributed by atoms with Gasteiger partial charge in [-0.1, -0.05) is 18.0 Å². The van der Waals surface area contributed by atoms with Gasteiger partial charge in [0.2, 0.25) is 0 Å². The van der Waals surface area contributed by atoms with Gasteiger partial charge in [0.15, 0.2) is 17.3 Å². The van der Waals surface area contributed by atoms with Gasteiger partial charge in [0.1, 0.15) is 5.69 Å². The van der Waals surface area contributed by atoms with Gasteiger partial charge in [-0.15, -0.1) is 0 Å². The van der Waals surface area contributed by atoms with Crippen molar-refractivity contribution in [1.29, 1.82) is 0 Å². The van der Waals surface area contributed by atoms with Crippen LogP contribution in [-0.4, -0.2) is 40.6 Å². The van der Waals surface area contributed by atoms with Crippen LogP contribution in [0.1, 0.15) is 43.0 Å². The molecular weight excluding hydrogens is 368 g/mol. The second kappa shape index (κ2) is 8.69. The minimum absolute atomic E-state index is 0.246. The SMILES string of the molecule is COc1ccc(-c2cc([C@@H]3CCCCCN3Cc3cnn(C)c3)no2)cc1OC. The molecule has 0 amide bonds. The lowest BCUT2D eigenvalue weighted by molar-refractivity contribution is 0.184. The summed E-state index contributed by atoms with van der Waals surface area (Å²) in [6, 6.07) is 8.08. The standard InChI is InChI=1S/C22H28N4O3/c1-25-14-16(13-23-25)15-26-10-6-4-5-7-19(26)18-12-21(29-24-18)17-8-9-20(27-2)22(11-17)28-3/h8-9,11-14,19H,4-7,10,15H2,1-3H3/t19-/m0/s1. The number of rotatable bonds is 6. The minimum Gasteiger partial charge on any atom is -0.493 e. The Kier molecular flexibility index (Phi) is 5.85. The Labute approximate surface area is 171 Å². The molecule has 7 heteroatoms. The van der Waals surface area contributed by atoms with E-state index in [0.29, 0.717) is 11.5 Å². The molecule has 154 valence electrons. The topological polar surface area (TPSA) is 65.5 Å². The van der Waals surface area contributed by atoms with Crippen LogP contribution in [0.4, 0.5) is 0 Å². The molecule has 0 aliphatic carbocycles. The Hall–Kier alpha value is -2.80. The third-order valence-electron chi connectivity index (χ3n) is 5.55. The zero-order valence-electron chi connectivity index (χ0n) is 17.3. The van der Waals surface area contributed by atoms with E-state index >= 15 is 0 Å². The summed E-state index contributed by atoms with van der Waals surface area (Å²) in [6.45, 7) is 1.93. The summed E-state index contributed by atoms with van der Waals surface area (Å²) in [5.41, 5.74) is 3.14. The number of aromatic nitrogens is 3. The lowest BCUT2D eigenvalue weighted by Crippen LogP contribution is -2.28. The average Bonchev–Trinajstić information content (AvgIpc) is 3.32. The van der Waals surface area contributed by atoms with Crippen LogP contribution in [0.2, 0.25) is 0 Å². The molecule has 2 aromatic heterocycles. The molecule has 1 saturated heterocycles. The average molecular weight is 396 g/mol. The van der Waals surface area contributed by atoms with Crippen LogP contribution in [-0.2, 0) is 13.6 Å². The maximum Gasteiger partial charge on any atom is 0.167 e. The third-order valence-corrected chi connectivity index (χ3v) is 5.55. The number of hydrogen-bond acceptors (Lipinski definition) is 6. The molecule has 0 N–H and O–H groups in total. The highest BCUT2D eigenvalue weighted by atomic mass is 16.5. The van der Waals surface area contributed by atoms with Crippen molar-refractivity contribution in [1.82, 2.24) is 19.8 Å². The zero-order chi connectivity index (χ0) is 20.2. The molecule has 7 nitrogen and oxygen atoms in total. The predicted molar refractivity (Wildman–Crippen MR) is 110 cm³/mol. The number of likely N-dealkylation sites (tertiary alicyclic amines) is 1. The molecule has 1 fully saturated rings. The number of benzene rings is 1. The molecule has 0 spiro atoms. The van der Waals surface area contributed by atoms with Crippen molar-refractivity contribution >= 4 is 0 Å². The van der Waals surface area contributed by atoms with Gasteiger partial charge in [0.25, 0.3) is 0 Å². The van der Waals surface area contributed by atoms with E-state index in [9.17, 15) is 0 Å². The maximum atomic E-state index is 5.73. The van der Waals surface area contributed by atoms with Crippen LogP contribution in [0, 0.1) is 0 Å². The second-order valence-electron chi connectivity index (χ2n) is 7.54. The van der Waals surface area contributed by atoms with Crippen LogP contribution < -0.4 is 9.47 Å². The molecule has 3 aromatic rings. The Bertz CT molecular complexity index is 949. The highest BCUT2D eigenvalue weighted by Gasteiger charge is 2.26. The predicted octanol–water partition coefficient (Wildman–Crippen LogP) is 4.21. The lowest BCUT2D eigenvalue weighted by atomic mass is 10.0. The fourth-order valence-electron chi connectivity index (χ4n) is 4.05. The summed E-state index contributed by atoms with van der Waals surface area (Å²) >= 11 is 0. The van der Waals surface area contributed by atoms with E-state index in [1.165, 1.54) is 24.8 Å². The molecule has 0 saturated carbocycles. The van der Waals surface area contributed by atoms with Gasteiger partial charge < -0.3 is 14.0 Å². The van der Waals surface area contributed by atoms with E-state index in [1.807, 2.05) is 36.1 Å². The number of aryl methyl sites for hydroxylation is 1. The monoisotopic (exact) mass is 396 g/mol. The summed E-state index contributed by atoms with van der Waals surface area (Å²) in [4.78, 5) is 2.50. The quantitative estimate of drug-likeness (QED) is 0.622. The molecule has 0 unspecified atom stereocenters. The molecule has 4 rings (SSSR count). The van der Waals surface area contributed by atoms with Crippen molar-refractivity contribution in [3.63, 3.8) is 0 Å². The third kappa shape index (κ3) is 4.29. The van der Waals surface area contributed by atoms with Crippen molar-refractivity contribution < 1.29 is 14.0 Å². The van der Waals surface area contributed by atoms with Crippen molar-refractivity contribution in [2.24, 2.45) is 7.05 Å². The van der Waals surface area contributed by atoms with Gasteiger partial charge in [-0.2, -0.15) is 5.10 Å². The number of methoxy groups -OCH3 is 2. The van der Waals surface area contributed by atoms with Gasteiger partial charge in [0, 0.05) is 37.0 Å². The van der Waals surface area contributed by atoms with Crippen LogP contribution in [0.25, 0.3) is 11.3 Å². The summed E-state index contributed by atoms with van der Waals surface area (Å²) in [5, 5.41) is 8.75. The van der Waals surface area contributed by atoms with Gasteiger partial charge in [0.05, 0.1) is 26.5 Å². The lowest BCUT2D eigenvalue weighted by Gasteiger charge is -2.27. The van der Waals surface area contributed by atoms with E-state index in [4.69, 9.17) is 14.0 Å². The maximum absolute atomic E-state index is 5.73. The first-order valence-electron chi connectivity index (χ1n) is 10.1. The molecule has 29 heavy (non-hydrogen) atoms. The Morgan fingerprint density at radius 1 is 1.10 bits per heavy atom. The van der Waals surface area contributed by atoms with Gasteiger partial charge in [-0.3, -0.25) is 9.58 Å². The van der Waals surface area contributed by atoms with Crippen LogP contribution in [0.15, 0.2) is 41.2 Å². The highest BCUT2D eigenvalue weighted by molar-refractivity contribution is 5.62. The zero-order valence-corrected chi connectivity index (χ0v) is 17.3. The van der Waals surface area contributed by atoms with E-state index in [2.05, 4.69) is 27.4 Å². The molecule has 1 atom stereocenters. The molecule has 0 radical (unpaired) electrons. The van der Waals surface area contributed by atoms with E-state index in [0.717, 1.165) is 36.5 Å². The fourth-order valence-corrected chi connectivity index (χ4v) is 4.05. The van der Waals surface area contributed by atoms with Crippen LogP contribution >= 0.6 is 0 Å². The summed E-state index contributed by atoms with van der Waals surface area (Å²) < 4.78 is 18.3. The first-order valence-corrected chi connectivity index (χ1v) is 10.1. The van der Waals surface area contributed by atoms with E-state index in [1.54, 1.807) is 14.2 Å². The van der Waals surface area contributed by atoms with Gasteiger partial charge in [-0.25, -0.2) is 0 Å². The fraction of sp³-hybridized carbons (Fsp3) is 0.455. The van der Waals surface area contributed by atoms with E-state index < -0.39 is 0 Å². The normalized spacial score (nSPS) is 17.8. The molecule has 3 heterocycles. The van der Waals surface area contributed by atoms with Gasteiger partial charge >= 0.3 is 0 Å². The summed E-state index contributed by atoms with van der Waals surface area (Å²) in [6.07, 6.45) is 8.77. The van der Waals surface area contributed by atoms with Gasteiger partial charge in [-0.05, 0) is 37.6 Å². The van der Waals surface area contributed by atoms with Crippen molar-refractivity contribution in [3.8, 4) is 22.8 Å². The Balaban J connectivity index is 1.59. The van der Waals surface area contributed by atoms with Crippen molar-refractivity contribution in [2.75, 3.05) is 20.8 Å². The number of hydrogen-bond donors (Lipinski definition) is 0. The number of nitrogens with zero attached hydrogens (tertiary/aromatic N) is 4. The highest BCUT2D eigenvalue weighted by Crippen LogP contribution is 2.36.